The number of thiophene rings is 1. The van der Waals surface area contributed by atoms with Crippen LogP contribution in [0.3, 0.4) is 0 Å². The maximum atomic E-state index is 10.6. The van der Waals surface area contributed by atoms with Crippen molar-refractivity contribution >= 4 is 32.8 Å². The number of nitrogen functional groups attached to an aromatic ring is 1. The van der Waals surface area contributed by atoms with Crippen LogP contribution in [-0.2, 0) is 0 Å². The number of nitro benzene ring substituents is 1. The number of fused-ring (bicyclic) bond motifs is 1. The van der Waals surface area contributed by atoms with Gasteiger partial charge in [-0.05, 0) is 24.4 Å². The van der Waals surface area contributed by atoms with Crippen LogP contribution in [0.1, 0.15) is 4.88 Å². The van der Waals surface area contributed by atoms with Crippen LogP contribution in [0.2, 0.25) is 0 Å². The van der Waals surface area contributed by atoms with E-state index in [2.05, 4.69) is 0 Å². The van der Waals surface area contributed by atoms with Gasteiger partial charge in [-0.3, -0.25) is 10.1 Å². The zero-order valence-electron chi connectivity index (χ0n) is 7.48. The third kappa shape index (κ3) is 1.31. The highest BCUT2D eigenvalue weighted by Crippen LogP contribution is 2.32. The molecule has 0 spiro atoms. The molecule has 2 rings (SSSR count). The van der Waals surface area contributed by atoms with Crippen molar-refractivity contribution in [1.82, 2.24) is 0 Å². The standard InChI is InChI=1S/C9H8N2O2S/c1-5-2-6-3-7(10)8(11(12)13)4-9(6)14-5/h2-4H,10H2,1H3. The van der Waals surface area contributed by atoms with E-state index in [1.807, 2.05) is 13.0 Å². The molecule has 14 heavy (non-hydrogen) atoms. The molecule has 2 N–H and O–H groups in total. The van der Waals surface area contributed by atoms with E-state index < -0.39 is 4.92 Å². The average molecular weight is 208 g/mol. The third-order valence-electron chi connectivity index (χ3n) is 1.99. The molecule has 1 aromatic heterocycles. The van der Waals surface area contributed by atoms with E-state index in [1.54, 1.807) is 6.07 Å². The van der Waals surface area contributed by atoms with Crippen LogP contribution < -0.4 is 5.73 Å². The second kappa shape index (κ2) is 2.95. The van der Waals surface area contributed by atoms with Crippen LogP contribution in [0.15, 0.2) is 18.2 Å². The molecule has 0 saturated carbocycles. The number of benzene rings is 1. The molecule has 0 aliphatic carbocycles. The van der Waals surface area contributed by atoms with Gasteiger partial charge in [0.05, 0.1) is 4.92 Å². The predicted octanol–water partition coefficient (Wildman–Crippen LogP) is 2.70. The normalized spacial score (nSPS) is 10.6. The molecule has 1 aromatic carbocycles. The molecule has 0 saturated heterocycles. The number of hydrogen-bond donors (Lipinski definition) is 1. The van der Waals surface area contributed by atoms with E-state index in [0.717, 1.165) is 15.0 Å². The summed E-state index contributed by atoms with van der Waals surface area (Å²) in [7, 11) is 0. The van der Waals surface area contributed by atoms with Crippen molar-refractivity contribution in [3.05, 3.63) is 33.2 Å². The number of nitrogens with zero attached hydrogens (tertiary/aromatic N) is 1. The van der Waals surface area contributed by atoms with Gasteiger partial charge in [0.25, 0.3) is 5.69 Å². The first-order valence-corrected chi connectivity index (χ1v) is 4.83. The summed E-state index contributed by atoms with van der Waals surface area (Å²) in [6.45, 7) is 1.96. The van der Waals surface area contributed by atoms with E-state index in [9.17, 15) is 10.1 Å². The SMILES string of the molecule is Cc1cc2cc(N)c([N+](=O)[O-])cc2s1. The molecule has 0 aliphatic heterocycles. The lowest BCUT2D eigenvalue weighted by atomic mass is 10.2. The van der Waals surface area contributed by atoms with Crippen LogP contribution in [0, 0.1) is 17.0 Å². The van der Waals surface area contributed by atoms with Gasteiger partial charge in [0, 0.05) is 15.6 Å². The van der Waals surface area contributed by atoms with E-state index in [1.165, 1.54) is 17.4 Å². The monoisotopic (exact) mass is 208 g/mol. The van der Waals surface area contributed by atoms with E-state index in [0.29, 0.717) is 0 Å². The van der Waals surface area contributed by atoms with Crippen molar-refractivity contribution in [2.45, 2.75) is 6.92 Å². The van der Waals surface area contributed by atoms with Gasteiger partial charge in [0.2, 0.25) is 0 Å². The minimum atomic E-state index is -0.455. The van der Waals surface area contributed by atoms with Crippen molar-refractivity contribution in [2.75, 3.05) is 5.73 Å². The molecule has 0 unspecified atom stereocenters. The average Bonchev–Trinajstić information content (AvgIpc) is 2.42. The van der Waals surface area contributed by atoms with E-state index in [4.69, 9.17) is 5.73 Å². The summed E-state index contributed by atoms with van der Waals surface area (Å²) in [6.07, 6.45) is 0. The Morgan fingerprint density at radius 3 is 2.79 bits per heavy atom. The molecule has 0 bridgehead atoms. The zero-order chi connectivity index (χ0) is 10.3. The second-order valence-corrected chi connectivity index (χ2v) is 4.35. The van der Waals surface area contributed by atoms with E-state index >= 15 is 0 Å². The number of aryl methyl sites for hydroxylation is 1. The summed E-state index contributed by atoms with van der Waals surface area (Å²) in [5.74, 6) is 0. The summed E-state index contributed by atoms with van der Waals surface area (Å²) in [5, 5.41) is 11.6. The fourth-order valence-electron chi connectivity index (χ4n) is 1.38. The topological polar surface area (TPSA) is 69.2 Å². The van der Waals surface area contributed by atoms with Gasteiger partial charge in [0.15, 0.2) is 0 Å². The molecule has 0 radical (unpaired) electrons. The maximum Gasteiger partial charge on any atom is 0.293 e. The summed E-state index contributed by atoms with van der Waals surface area (Å²) < 4.78 is 0.906. The number of hydrogen-bond acceptors (Lipinski definition) is 4. The third-order valence-corrected chi connectivity index (χ3v) is 3.00. The Morgan fingerprint density at radius 1 is 1.43 bits per heavy atom. The van der Waals surface area contributed by atoms with E-state index in [-0.39, 0.29) is 11.4 Å². The van der Waals surface area contributed by atoms with Gasteiger partial charge in [0.1, 0.15) is 5.69 Å². The first kappa shape index (κ1) is 8.96. The molecule has 1 heterocycles. The largest absolute Gasteiger partial charge is 0.393 e. The summed E-state index contributed by atoms with van der Waals surface area (Å²) in [5.41, 5.74) is 5.77. The van der Waals surface area contributed by atoms with Crippen molar-refractivity contribution < 1.29 is 4.92 Å². The Bertz CT molecular complexity index is 519. The molecule has 0 aliphatic rings. The Labute approximate surface area is 84.1 Å². The molecule has 5 heteroatoms. The lowest BCUT2D eigenvalue weighted by Crippen LogP contribution is -1.94. The predicted molar refractivity (Wildman–Crippen MR) is 57.6 cm³/mol. The number of nitro groups is 1. The van der Waals surface area contributed by atoms with Crippen LogP contribution in [-0.4, -0.2) is 4.92 Å². The van der Waals surface area contributed by atoms with Crippen molar-refractivity contribution in [2.24, 2.45) is 0 Å². The number of rotatable bonds is 1. The minimum Gasteiger partial charge on any atom is -0.393 e. The van der Waals surface area contributed by atoms with Crippen molar-refractivity contribution in [1.29, 1.82) is 0 Å². The summed E-state index contributed by atoms with van der Waals surface area (Å²) in [6, 6.07) is 5.15. The summed E-state index contributed by atoms with van der Waals surface area (Å²) >= 11 is 1.53. The molecule has 0 amide bonds. The fourth-order valence-corrected chi connectivity index (χ4v) is 2.32. The fraction of sp³-hybridized carbons (Fsp3) is 0.111. The van der Waals surface area contributed by atoms with Gasteiger partial charge >= 0.3 is 0 Å². The molecule has 4 nitrogen and oxygen atoms in total. The van der Waals surface area contributed by atoms with Gasteiger partial charge in [-0.15, -0.1) is 11.3 Å². The van der Waals surface area contributed by atoms with Gasteiger partial charge in [-0.1, -0.05) is 0 Å². The molecule has 0 atom stereocenters. The van der Waals surface area contributed by atoms with Crippen molar-refractivity contribution in [3.8, 4) is 0 Å². The maximum absolute atomic E-state index is 10.6. The summed E-state index contributed by atoms with van der Waals surface area (Å²) in [4.78, 5) is 11.3. The quantitative estimate of drug-likeness (QED) is 0.445. The Hall–Kier alpha value is -1.62. The first-order chi connectivity index (χ1) is 6.58. The Balaban J connectivity index is 2.76. The molecule has 2 aromatic rings. The highest BCUT2D eigenvalue weighted by Gasteiger charge is 2.13. The number of anilines is 1. The lowest BCUT2D eigenvalue weighted by molar-refractivity contribution is -0.383. The Morgan fingerprint density at radius 2 is 2.14 bits per heavy atom. The van der Waals surface area contributed by atoms with Crippen molar-refractivity contribution in [3.63, 3.8) is 0 Å². The van der Waals surface area contributed by atoms with Gasteiger partial charge in [-0.2, -0.15) is 0 Å². The highest BCUT2D eigenvalue weighted by molar-refractivity contribution is 7.19. The van der Waals surface area contributed by atoms with Gasteiger partial charge < -0.3 is 5.73 Å². The van der Waals surface area contributed by atoms with Crippen LogP contribution in [0.4, 0.5) is 11.4 Å². The Kier molecular flexibility index (Phi) is 1.89. The first-order valence-electron chi connectivity index (χ1n) is 4.02. The second-order valence-electron chi connectivity index (χ2n) is 3.06. The van der Waals surface area contributed by atoms with Crippen LogP contribution in [0.5, 0.6) is 0 Å². The van der Waals surface area contributed by atoms with Gasteiger partial charge in [-0.25, -0.2) is 0 Å². The van der Waals surface area contributed by atoms with Crippen LogP contribution >= 0.6 is 11.3 Å². The lowest BCUT2D eigenvalue weighted by Gasteiger charge is -1.96. The molecular weight excluding hydrogens is 200 g/mol. The number of nitrogens with two attached hydrogens (primary N) is 1. The highest BCUT2D eigenvalue weighted by atomic mass is 32.1. The minimum absolute atomic E-state index is 0.0145. The zero-order valence-corrected chi connectivity index (χ0v) is 8.30. The molecular formula is C9H8N2O2S. The molecule has 72 valence electrons. The molecule has 0 fully saturated rings. The smallest absolute Gasteiger partial charge is 0.293 e. The van der Waals surface area contributed by atoms with Crippen LogP contribution in [0.25, 0.3) is 10.1 Å².